The molecule has 3 rings (SSSR count). The van der Waals surface area contributed by atoms with Gasteiger partial charge in [0.25, 0.3) is 0 Å². The number of aryl methyl sites for hydroxylation is 1. The highest BCUT2D eigenvalue weighted by atomic mass is 35.5. The molecular weight excluding hydrogens is 267 g/mol. The first-order chi connectivity index (χ1) is 8.65. The summed E-state index contributed by atoms with van der Waals surface area (Å²) in [5.74, 6) is 0. The minimum Gasteiger partial charge on any atom is -0.306 e. The first-order valence-corrected chi connectivity index (χ1v) is 6.30. The van der Waals surface area contributed by atoms with Crippen LogP contribution in [0.25, 0.3) is 16.9 Å². The van der Waals surface area contributed by atoms with Crippen molar-refractivity contribution in [3.63, 3.8) is 0 Å². The first-order valence-electron chi connectivity index (χ1n) is 5.55. The fraction of sp³-hybridized carbons (Fsp3) is 0.0714. The van der Waals surface area contributed by atoms with E-state index in [9.17, 15) is 0 Å². The van der Waals surface area contributed by atoms with E-state index in [-0.39, 0.29) is 0 Å². The highest BCUT2D eigenvalue weighted by Crippen LogP contribution is 2.28. The van der Waals surface area contributed by atoms with Crippen molar-refractivity contribution in [2.75, 3.05) is 0 Å². The van der Waals surface area contributed by atoms with Crippen LogP contribution >= 0.6 is 23.2 Å². The van der Waals surface area contributed by atoms with Gasteiger partial charge in [0.2, 0.25) is 0 Å². The Hall–Kier alpha value is -1.51. The molecule has 0 amide bonds. The second kappa shape index (κ2) is 4.30. The minimum atomic E-state index is 0.544. The SMILES string of the molecule is Cc1cccn2cc(-c3ccc(Cl)c(Cl)c3)nc12. The highest BCUT2D eigenvalue weighted by molar-refractivity contribution is 6.42. The van der Waals surface area contributed by atoms with Crippen LogP contribution in [0.15, 0.2) is 42.7 Å². The topological polar surface area (TPSA) is 17.3 Å². The lowest BCUT2D eigenvalue weighted by Gasteiger charge is -1.98. The number of aromatic nitrogens is 2. The lowest BCUT2D eigenvalue weighted by Crippen LogP contribution is -1.83. The van der Waals surface area contributed by atoms with E-state index in [1.807, 2.05) is 48.0 Å². The van der Waals surface area contributed by atoms with Gasteiger partial charge < -0.3 is 4.40 Å². The van der Waals surface area contributed by atoms with E-state index in [2.05, 4.69) is 4.98 Å². The number of pyridine rings is 1. The molecule has 0 spiro atoms. The largest absolute Gasteiger partial charge is 0.306 e. The van der Waals surface area contributed by atoms with Crippen LogP contribution < -0.4 is 0 Å². The van der Waals surface area contributed by atoms with Crippen molar-refractivity contribution in [3.8, 4) is 11.3 Å². The quantitative estimate of drug-likeness (QED) is 0.634. The highest BCUT2D eigenvalue weighted by Gasteiger charge is 2.07. The molecule has 0 fully saturated rings. The molecule has 0 unspecified atom stereocenters. The lowest BCUT2D eigenvalue weighted by atomic mass is 10.2. The number of nitrogens with zero attached hydrogens (tertiary/aromatic N) is 2. The number of benzene rings is 1. The Morgan fingerprint density at radius 1 is 1.11 bits per heavy atom. The van der Waals surface area contributed by atoms with Crippen molar-refractivity contribution in [1.29, 1.82) is 0 Å². The third kappa shape index (κ3) is 1.88. The summed E-state index contributed by atoms with van der Waals surface area (Å²) in [7, 11) is 0. The van der Waals surface area contributed by atoms with Crippen molar-refractivity contribution < 1.29 is 0 Å². The Kier molecular flexibility index (Phi) is 2.77. The zero-order valence-corrected chi connectivity index (χ0v) is 11.2. The molecule has 3 aromatic rings. The third-order valence-corrected chi connectivity index (χ3v) is 3.63. The fourth-order valence-corrected chi connectivity index (χ4v) is 2.25. The van der Waals surface area contributed by atoms with E-state index in [1.165, 1.54) is 0 Å². The molecule has 0 radical (unpaired) electrons. The van der Waals surface area contributed by atoms with Crippen LogP contribution in [-0.2, 0) is 0 Å². The van der Waals surface area contributed by atoms with Crippen molar-refractivity contribution in [1.82, 2.24) is 9.38 Å². The summed E-state index contributed by atoms with van der Waals surface area (Å²) in [4.78, 5) is 4.61. The summed E-state index contributed by atoms with van der Waals surface area (Å²) in [5, 5.41) is 1.10. The number of hydrogen-bond donors (Lipinski definition) is 0. The molecule has 2 heterocycles. The van der Waals surface area contributed by atoms with Crippen LogP contribution in [0.2, 0.25) is 10.0 Å². The fourth-order valence-electron chi connectivity index (χ4n) is 1.95. The summed E-state index contributed by atoms with van der Waals surface area (Å²) >= 11 is 11.9. The van der Waals surface area contributed by atoms with Gasteiger partial charge in [-0.25, -0.2) is 4.98 Å². The molecule has 0 bridgehead atoms. The smallest absolute Gasteiger partial charge is 0.140 e. The molecule has 2 nitrogen and oxygen atoms in total. The molecule has 18 heavy (non-hydrogen) atoms. The van der Waals surface area contributed by atoms with Crippen LogP contribution in [-0.4, -0.2) is 9.38 Å². The van der Waals surface area contributed by atoms with Gasteiger partial charge in [-0.2, -0.15) is 0 Å². The Balaban J connectivity index is 2.19. The van der Waals surface area contributed by atoms with E-state index in [4.69, 9.17) is 23.2 Å². The molecule has 0 aliphatic carbocycles. The molecular formula is C14H10Cl2N2. The van der Waals surface area contributed by atoms with Gasteiger partial charge in [0, 0.05) is 18.0 Å². The van der Waals surface area contributed by atoms with Crippen LogP contribution in [0.3, 0.4) is 0 Å². The number of imidazole rings is 1. The molecule has 0 saturated heterocycles. The Morgan fingerprint density at radius 2 is 1.94 bits per heavy atom. The molecule has 0 saturated carbocycles. The predicted molar refractivity (Wildman–Crippen MR) is 75.4 cm³/mol. The van der Waals surface area contributed by atoms with Gasteiger partial charge in [0.05, 0.1) is 15.7 Å². The van der Waals surface area contributed by atoms with Crippen molar-refractivity contribution in [2.24, 2.45) is 0 Å². The second-order valence-corrected chi connectivity index (χ2v) is 4.99. The summed E-state index contributed by atoms with van der Waals surface area (Å²) in [6, 6.07) is 9.59. The van der Waals surface area contributed by atoms with E-state index in [1.54, 1.807) is 6.07 Å². The lowest BCUT2D eigenvalue weighted by molar-refractivity contribution is 1.16. The molecule has 0 aliphatic heterocycles. The predicted octanol–water partition coefficient (Wildman–Crippen LogP) is 4.62. The van der Waals surface area contributed by atoms with Gasteiger partial charge in [0.15, 0.2) is 0 Å². The average molecular weight is 277 g/mol. The van der Waals surface area contributed by atoms with Crippen molar-refractivity contribution in [3.05, 3.63) is 58.3 Å². The zero-order chi connectivity index (χ0) is 12.7. The van der Waals surface area contributed by atoms with E-state index in [0.717, 1.165) is 22.5 Å². The van der Waals surface area contributed by atoms with Crippen LogP contribution in [0.1, 0.15) is 5.56 Å². The Bertz CT molecular complexity index is 732. The Labute approximate surface area is 115 Å². The first kappa shape index (κ1) is 11.6. The van der Waals surface area contributed by atoms with E-state index < -0.39 is 0 Å². The van der Waals surface area contributed by atoms with Crippen LogP contribution in [0.4, 0.5) is 0 Å². The van der Waals surface area contributed by atoms with E-state index >= 15 is 0 Å². The standard InChI is InChI=1S/C14H10Cl2N2/c1-9-3-2-6-18-8-13(17-14(9)18)10-4-5-11(15)12(16)7-10/h2-8H,1H3. The van der Waals surface area contributed by atoms with Gasteiger partial charge in [-0.3, -0.25) is 0 Å². The summed E-state index contributed by atoms with van der Waals surface area (Å²) < 4.78 is 2.01. The number of rotatable bonds is 1. The summed E-state index contributed by atoms with van der Waals surface area (Å²) in [5.41, 5.74) is 3.96. The Morgan fingerprint density at radius 3 is 2.67 bits per heavy atom. The molecule has 1 aromatic carbocycles. The molecule has 4 heteroatoms. The molecule has 0 atom stereocenters. The number of hydrogen-bond acceptors (Lipinski definition) is 1. The molecule has 90 valence electrons. The second-order valence-electron chi connectivity index (χ2n) is 4.18. The monoisotopic (exact) mass is 276 g/mol. The molecule has 0 aliphatic rings. The van der Waals surface area contributed by atoms with Gasteiger partial charge >= 0.3 is 0 Å². The van der Waals surface area contributed by atoms with Crippen LogP contribution in [0.5, 0.6) is 0 Å². The number of fused-ring (bicyclic) bond motifs is 1. The maximum absolute atomic E-state index is 6.03. The third-order valence-electron chi connectivity index (χ3n) is 2.89. The normalized spacial score (nSPS) is 11.1. The van der Waals surface area contributed by atoms with Crippen molar-refractivity contribution in [2.45, 2.75) is 6.92 Å². The van der Waals surface area contributed by atoms with Crippen molar-refractivity contribution >= 4 is 28.8 Å². The van der Waals surface area contributed by atoms with Gasteiger partial charge in [0.1, 0.15) is 5.65 Å². The maximum Gasteiger partial charge on any atom is 0.140 e. The molecule has 2 aromatic heterocycles. The zero-order valence-electron chi connectivity index (χ0n) is 9.69. The minimum absolute atomic E-state index is 0.544. The van der Waals surface area contributed by atoms with E-state index in [0.29, 0.717) is 10.0 Å². The average Bonchev–Trinajstić information content (AvgIpc) is 2.78. The molecule has 0 N–H and O–H groups in total. The van der Waals surface area contributed by atoms with Crippen LogP contribution in [0, 0.1) is 6.92 Å². The van der Waals surface area contributed by atoms with Gasteiger partial charge in [-0.15, -0.1) is 0 Å². The maximum atomic E-state index is 6.03. The van der Waals surface area contributed by atoms with Gasteiger partial charge in [-0.1, -0.05) is 35.3 Å². The number of halogens is 2. The summed E-state index contributed by atoms with van der Waals surface area (Å²) in [6.45, 7) is 2.04. The van der Waals surface area contributed by atoms with Gasteiger partial charge in [-0.05, 0) is 30.7 Å². The summed E-state index contributed by atoms with van der Waals surface area (Å²) in [6.07, 6.45) is 3.97.